The van der Waals surface area contributed by atoms with Gasteiger partial charge >= 0.3 is 12.2 Å². The fraction of sp³-hybridized carbons (Fsp3) is 0.333. The van der Waals surface area contributed by atoms with Gasteiger partial charge in [0.2, 0.25) is 0 Å². The highest BCUT2D eigenvalue weighted by Gasteiger charge is 2.47. The van der Waals surface area contributed by atoms with E-state index in [0.717, 1.165) is 12.1 Å². The highest BCUT2D eigenvalue weighted by molar-refractivity contribution is 6.00. The highest BCUT2D eigenvalue weighted by atomic mass is 19.4. The van der Waals surface area contributed by atoms with Gasteiger partial charge in [-0.1, -0.05) is 12.1 Å². The maximum absolute atomic E-state index is 12.5. The van der Waals surface area contributed by atoms with Crippen LogP contribution in [0.4, 0.5) is 23.8 Å². The minimum absolute atomic E-state index is 0.0438. The number of nitrogens with zero attached hydrogens (tertiary/aromatic N) is 3. The summed E-state index contributed by atoms with van der Waals surface area (Å²) in [5.41, 5.74) is -1.41. The van der Waals surface area contributed by atoms with Crippen LogP contribution in [0.5, 0.6) is 5.75 Å². The molecule has 2 aromatic rings. The average molecular weight is 392 g/mol. The van der Waals surface area contributed by atoms with E-state index < -0.39 is 23.5 Å². The third-order valence-electron chi connectivity index (χ3n) is 4.79. The monoisotopic (exact) mass is 392 g/mol. The van der Waals surface area contributed by atoms with E-state index in [2.05, 4.69) is 15.5 Å². The summed E-state index contributed by atoms with van der Waals surface area (Å²) in [6.07, 6.45) is -3.97. The molecule has 0 bridgehead atoms. The largest absolute Gasteiger partial charge is 0.484 e. The van der Waals surface area contributed by atoms with Crippen molar-refractivity contribution in [2.75, 3.05) is 18.4 Å². The lowest BCUT2D eigenvalue weighted by Crippen LogP contribution is -2.46. The molecule has 0 aliphatic carbocycles. The van der Waals surface area contributed by atoms with Gasteiger partial charge in [0.1, 0.15) is 11.4 Å². The highest BCUT2D eigenvalue weighted by Crippen LogP contribution is 2.38. The van der Waals surface area contributed by atoms with Gasteiger partial charge in [-0.25, -0.2) is 4.79 Å². The number of urea groups is 1. The molecule has 2 amide bonds. The number of benzene rings is 1. The fourth-order valence-electron chi connectivity index (χ4n) is 3.43. The Morgan fingerprint density at radius 3 is 2.68 bits per heavy atom. The molecule has 1 atom stereocenters. The molecule has 1 saturated heterocycles. The predicted molar refractivity (Wildman–Crippen MR) is 91.0 cm³/mol. The number of halogens is 3. The summed E-state index contributed by atoms with van der Waals surface area (Å²) >= 11 is 0. The van der Waals surface area contributed by atoms with Crippen molar-refractivity contribution in [2.45, 2.75) is 24.6 Å². The molecular formula is C18H15F3N4O3. The number of para-hydroxylation sites is 1. The molecule has 146 valence electrons. The molecule has 1 aromatic heterocycles. The second-order valence-corrected chi connectivity index (χ2v) is 6.78. The van der Waals surface area contributed by atoms with Crippen LogP contribution in [0.25, 0.3) is 0 Å². The summed E-state index contributed by atoms with van der Waals surface area (Å²) in [5.74, 6) is 0.359. The number of carbonyl (C=O) groups excluding carboxylic acids is 2. The average Bonchev–Trinajstić information content (AvgIpc) is 3.04. The van der Waals surface area contributed by atoms with E-state index in [-0.39, 0.29) is 24.6 Å². The third kappa shape index (κ3) is 3.37. The summed E-state index contributed by atoms with van der Waals surface area (Å²) in [7, 11) is 0. The van der Waals surface area contributed by atoms with Gasteiger partial charge in [-0.15, -0.1) is 10.2 Å². The van der Waals surface area contributed by atoms with Gasteiger partial charge in [-0.05, 0) is 24.3 Å². The molecule has 10 heteroatoms. The number of fused-ring (bicyclic) bond motifs is 1. The van der Waals surface area contributed by atoms with Crippen molar-refractivity contribution in [3.8, 4) is 5.75 Å². The Morgan fingerprint density at radius 1 is 1.18 bits per heavy atom. The smallest absolute Gasteiger partial charge is 0.435 e. The van der Waals surface area contributed by atoms with E-state index in [4.69, 9.17) is 4.74 Å². The van der Waals surface area contributed by atoms with E-state index in [1.165, 1.54) is 4.90 Å². The van der Waals surface area contributed by atoms with Gasteiger partial charge in [-0.2, -0.15) is 13.2 Å². The molecule has 3 heterocycles. The number of amides is 2. The van der Waals surface area contributed by atoms with Crippen molar-refractivity contribution in [3.05, 3.63) is 47.7 Å². The Kier molecular flexibility index (Phi) is 4.20. The van der Waals surface area contributed by atoms with Gasteiger partial charge in [-0.3, -0.25) is 10.1 Å². The van der Waals surface area contributed by atoms with E-state index in [0.29, 0.717) is 24.3 Å². The Morgan fingerprint density at radius 2 is 1.96 bits per heavy atom. The number of anilines is 1. The SMILES string of the molecule is O=C1CC2(CCN(C(=O)Nc3ccc(C(F)(F)F)nn3)C2)Oc2ccccc21. The van der Waals surface area contributed by atoms with Crippen molar-refractivity contribution in [1.82, 2.24) is 15.1 Å². The standard InChI is InChI=1S/C18H15F3N4O3/c19-18(20,21)14-5-6-15(24-23-14)22-16(27)25-8-7-17(10-25)9-12(26)11-3-1-2-4-13(11)28-17/h1-6H,7-10H2,(H,22,24,27). The zero-order valence-electron chi connectivity index (χ0n) is 14.5. The van der Waals surface area contributed by atoms with Crippen molar-refractivity contribution >= 4 is 17.6 Å². The van der Waals surface area contributed by atoms with Gasteiger partial charge in [0, 0.05) is 13.0 Å². The Bertz CT molecular complexity index is 932. The van der Waals surface area contributed by atoms with E-state index in [1.807, 2.05) is 0 Å². The van der Waals surface area contributed by atoms with Crippen molar-refractivity contribution < 1.29 is 27.5 Å². The normalized spacial score (nSPS) is 21.4. The lowest BCUT2D eigenvalue weighted by Gasteiger charge is -2.34. The summed E-state index contributed by atoms with van der Waals surface area (Å²) in [6.45, 7) is 0.530. The first-order valence-corrected chi connectivity index (χ1v) is 8.54. The lowest BCUT2D eigenvalue weighted by atomic mass is 9.89. The first-order valence-electron chi connectivity index (χ1n) is 8.54. The Balaban J connectivity index is 1.43. The minimum Gasteiger partial charge on any atom is -0.484 e. The second-order valence-electron chi connectivity index (χ2n) is 6.78. The number of ketones is 1. The molecule has 2 aliphatic rings. The lowest BCUT2D eigenvalue weighted by molar-refractivity contribution is -0.141. The number of ether oxygens (including phenoxy) is 1. The van der Waals surface area contributed by atoms with Crippen LogP contribution in [-0.4, -0.2) is 45.6 Å². The number of likely N-dealkylation sites (tertiary alicyclic amines) is 1. The van der Waals surface area contributed by atoms with Gasteiger partial charge < -0.3 is 9.64 Å². The van der Waals surface area contributed by atoms with Crippen LogP contribution in [0.15, 0.2) is 36.4 Å². The molecular weight excluding hydrogens is 377 g/mol. The quantitative estimate of drug-likeness (QED) is 0.806. The number of aromatic nitrogens is 2. The summed E-state index contributed by atoms with van der Waals surface area (Å²) in [5, 5.41) is 8.88. The number of nitrogens with one attached hydrogen (secondary N) is 1. The molecule has 1 spiro atoms. The summed E-state index contributed by atoms with van der Waals surface area (Å²) in [4.78, 5) is 26.3. The topological polar surface area (TPSA) is 84.4 Å². The molecule has 0 saturated carbocycles. The van der Waals surface area contributed by atoms with Crippen LogP contribution < -0.4 is 10.1 Å². The van der Waals surface area contributed by atoms with Crippen LogP contribution in [0, 0.1) is 0 Å². The molecule has 1 fully saturated rings. The van der Waals surface area contributed by atoms with Crippen molar-refractivity contribution in [1.29, 1.82) is 0 Å². The van der Waals surface area contributed by atoms with Gasteiger partial charge in [0.05, 0.1) is 18.5 Å². The predicted octanol–water partition coefficient (Wildman–Crippen LogP) is 3.14. The second kappa shape index (κ2) is 6.47. The van der Waals surface area contributed by atoms with Crippen LogP contribution in [0.2, 0.25) is 0 Å². The Labute approximate surface area is 157 Å². The third-order valence-corrected chi connectivity index (χ3v) is 4.79. The molecule has 7 nitrogen and oxygen atoms in total. The minimum atomic E-state index is -4.60. The van der Waals surface area contributed by atoms with Crippen LogP contribution in [0.1, 0.15) is 28.9 Å². The first-order chi connectivity index (χ1) is 13.3. The zero-order valence-corrected chi connectivity index (χ0v) is 14.5. The maximum Gasteiger partial charge on any atom is 0.435 e. The molecule has 1 N–H and O–H groups in total. The molecule has 2 aliphatic heterocycles. The van der Waals surface area contributed by atoms with Gasteiger partial charge in [0.15, 0.2) is 17.3 Å². The maximum atomic E-state index is 12.5. The van der Waals surface area contributed by atoms with E-state index >= 15 is 0 Å². The van der Waals surface area contributed by atoms with Crippen LogP contribution >= 0.6 is 0 Å². The molecule has 1 aromatic carbocycles. The number of Topliss-reactive ketones (excluding diaryl/α,β-unsaturated/α-hetero) is 1. The number of rotatable bonds is 1. The number of alkyl halides is 3. The van der Waals surface area contributed by atoms with Crippen molar-refractivity contribution in [2.24, 2.45) is 0 Å². The number of hydrogen-bond donors (Lipinski definition) is 1. The summed E-state index contributed by atoms with van der Waals surface area (Å²) in [6, 6.07) is 8.19. The Hall–Kier alpha value is -3.17. The molecule has 1 unspecified atom stereocenters. The van der Waals surface area contributed by atoms with E-state index in [1.54, 1.807) is 24.3 Å². The van der Waals surface area contributed by atoms with Crippen LogP contribution in [0.3, 0.4) is 0 Å². The zero-order chi connectivity index (χ0) is 19.9. The number of hydrogen-bond acceptors (Lipinski definition) is 5. The molecule has 28 heavy (non-hydrogen) atoms. The summed E-state index contributed by atoms with van der Waals surface area (Å²) < 4.78 is 43.6. The fourth-order valence-corrected chi connectivity index (χ4v) is 3.43. The molecule has 4 rings (SSSR count). The van der Waals surface area contributed by atoms with Crippen LogP contribution in [-0.2, 0) is 6.18 Å². The van der Waals surface area contributed by atoms with Gasteiger partial charge in [0.25, 0.3) is 0 Å². The van der Waals surface area contributed by atoms with E-state index in [9.17, 15) is 22.8 Å². The molecule has 0 radical (unpaired) electrons. The first kappa shape index (κ1) is 18.2. The number of carbonyl (C=O) groups is 2. The van der Waals surface area contributed by atoms with Crippen molar-refractivity contribution in [3.63, 3.8) is 0 Å².